The van der Waals surface area contributed by atoms with Crippen LogP contribution in [0.3, 0.4) is 0 Å². The van der Waals surface area contributed by atoms with Gasteiger partial charge in [0.05, 0.1) is 18.7 Å². The summed E-state index contributed by atoms with van der Waals surface area (Å²) < 4.78 is 40.9. The van der Waals surface area contributed by atoms with E-state index >= 15 is 0 Å². The first kappa shape index (κ1) is 25.7. The summed E-state index contributed by atoms with van der Waals surface area (Å²) in [6, 6.07) is 12.4. The quantitative estimate of drug-likeness (QED) is 0.336. The fourth-order valence-electron chi connectivity index (χ4n) is 3.66. The zero-order chi connectivity index (χ0) is 27.6. The molecule has 2 aromatic carbocycles. The highest BCUT2D eigenvalue weighted by Crippen LogP contribution is 2.29. The lowest BCUT2D eigenvalue weighted by atomic mass is 10.1. The van der Waals surface area contributed by atoms with Gasteiger partial charge in [-0.2, -0.15) is 13.2 Å². The standard InChI is InChI=1S/C12H8F3N5O.C11H8ClN5O/c13-12(14,15)8-3-1-2-7(4-8)5-20-6-9-10(18-20)16-19-17-11(9)21;12-8-3-1-2-7(4-8)5-17-6-9-10(15-17)13-16-14-11(9)18/h1-4,6H,5H2,(H,16,17,18,21);1-4,6H,5H2,(H,13,14,15,18). The predicted octanol–water partition coefficient (Wildman–Crippen LogP) is 2.80. The first-order chi connectivity index (χ1) is 18.7. The number of hydrogen-bond acceptors (Lipinski definition) is 8. The monoisotopic (exact) mass is 556 g/mol. The second-order valence-corrected chi connectivity index (χ2v) is 8.67. The average molecular weight is 557 g/mol. The van der Waals surface area contributed by atoms with Crippen molar-refractivity contribution in [2.45, 2.75) is 19.3 Å². The van der Waals surface area contributed by atoms with Crippen LogP contribution in [0.4, 0.5) is 13.2 Å². The Bertz CT molecular complexity index is 1890. The fourth-order valence-corrected chi connectivity index (χ4v) is 3.88. The molecule has 0 bridgehead atoms. The Hall–Kier alpha value is -4.92. The molecule has 0 saturated heterocycles. The molecule has 0 aliphatic rings. The van der Waals surface area contributed by atoms with E-state index < -0.39 is 17.3 Å². The third-order valence-electron chi connectivity index (χ3n) is 5.40. The van der Waals surface area contributed by atoms with Gasteiger partial charge in [-0.1, -0.05) is 46.3 Å². The number of hydrogen-bond donors (Lipinski definition) is 2. The van der Waals surface area contributed by atoms with Crippen LogP contribution in [0.25, 0.3) is 22.1 Å². The van der Waals surface area contributed by atoms with E-state index in [0.29, 0.717) is 28.2 Å². The summed E-state index contributed by atoms with van der Waals surface area (Å²) >= 11 is 5.91. The Balaban J connectivity index is 0.000000160. The molecule has 0 spiro atoms. The van der Waals surface area contributed by atoms with Crippen molar-refractivity contribution >= 4 is 33.7 Å². The zero-order valence-corrected chi connectivity index (χ0v) is 20.3. The van der Waals surface area contributed by atoms with Gasteiger partial charge in [0, 0.05) is 17.4 Å². The fraction of sp³-hybridized carbons (Fsp3) is 0.130. The van der Waals surface area contributed by atoms with E-state index in [1.165, 1.54) is 16.9 Å². The van der Waals surface area contributed by atoms with Gasteiger partial charge in [-0.15, -0.1) is 20.4 Å². The first-order valence-electron chi connectivity index (χ1n) is 11.1. The van der Waals surface area contributed by atoms with E-state index in [9.17, 15) is 22.8 Å². The average Bonchev–Trinajstić information content (AvgIpc) is 3.49. The topological polar surface area (TPSA) is 153 Å². The molecule has 6 aromatic rings. The summed E-state index contributed by atoms with van der Waals surface area (Å²) in [5, 5.41) is 28.2. The molecule has 12 nitrogen and oxygen atoms in total. The molecule has 0 aliphatic carbocycles. The number of H-pyrrole nitrogens is 2. The van der Waals surface area contributed by atoms with E-state index in [4.69, 9.17) is 11.6 Å². The third kappa shape index (κ3) is 5.98. The van der Waals surface area contributed by atoms with Gasteiger partial charge < -0.3 is 0 Å². The maximum absolute atomic E-state index is 12.6. The summed E-state index contributed by atoms with van der Waals surface area (Å²) in [4.78, 5) is 22.9. The molecule has 16 heteroatoms. The lowest BCUT2D eigenvalue weighted by molar-refractivity contribution is -0.137. The molecule has 4 aromatic heterocycles. The van der Waals surface area contributed by atoms with Gasteiger partial charge in [0.25, 0.3) is 11.1 Å². The summed E-state index contributed by atoms with van der Waals surface area (Å²) in [7, 11) is 0. The molecule has 2 N–H and O–H groups in total. The van der Waals surface area contributed by atoms with Crippen LogP contribution < -0.4 is 11.1 Å². The van der Waals surface area contributed by atoms with Crippen LogP contribution in [0, 0.1) is 0 Å². The van der Waals surface area contributed by atoms with Crippen LogP contribution in [0.15, 0.2) is 70.5 Å². The van der Waals surface area contributed by atoms with E-state index in [1.807, 2.05) is 18.2 Å². The van der Waals surface area contributed by atoms with Gasteiger partial charge >= 0.3 is 6.18 Å². The molecule has 0 unspecified atom stereocenters. The van der Waals surface area contributed by atoms with Crippen LogP contribution >= 0.6 is 11.6 Å². The first-order valence-corrected chi connectivity index (χ1v) is 11.5. The van der Waals surface area contributed by atoms with Crippen molar-refractivity contribution in [2.24, 2.45) is 0 Å². The number of halogens is 4. The SMILES string of the molecule is O=c1[nH]nnc2nn(Cc3cccc(C(F)(F)F)c3)cc12.O=c1[nH]nnc2nn(Cc3cccc(Cl)c3)cc12. The van der Waals surface area contributed by atoms with Gasteiger partial charge in [0.1, 0.15) is 10.8 Å². The van der Waals surface area contributed by atoms with Gasteiger partial charge in [-0.3, -0.25) is 19.0 Å². The lowest BCUT2D eigenvalue weighted by Crippen LogP contribution is -2.08. The highest BCUT2D eigenvalue weighted by atomic mass is 35.5. The molecule has 39 heavy (non-hydrogen) atoms. The van der Waals surface area contributed by atoms with Gasteiger partial charge in [-0.05, 0) is 35.4 Å². The lowest BCUT2D eigenvalue weighted by Gasteiger charge is -2.08. The Morgan fingerprint density at radius 3 is 1.77 bits per heavy atom. The van der Waals surface area contributed by atoms with Crippen LogP contribution in [0.2, 0.25) is 5.02 Å². The molecule has 0 amide bonds. The summed E-state index contributed by atoms with van der Waals surface area (Å²) in [6.07, 6.45) is -1.33. The Labute approximate surface area is 220 Å². The molecule has 0 aliphatic heterocycles. The number of benzene rings is 2. The highest BCUT2D eigenvalue weighted by molar-refractivity contribution is 6.30. The second kappa shape index (κ2) is 10.4. The summed E-state index contributed by atoms with van der Waals surface area (Å²) in [5.41, 5.74) is 0.426. The highest BCUT2D eigenvalue weighted by Gasteiger charge is 2.30. The van der Waals surface area contributed by atoms with Crippen LogP contribution in [0.1, 0.15) is 16.7 Å². The number of alkyl halides is 3. The van der Waals surface area contributed by atoms with Crippen LogP contribution in [0.5, 0.6) is 0 Å². The minimum atomic E-state index is -4.40. The maximum atomic E-state index is 12.6. The molecule has 0 saturated carbocycles. The Kier molecular flexibility index (Phi) is 6.89. The number of nitrogens with one attached hydrogen (secondary N) is 2. The van der Waals surface area contributed by atoms with Crippen molar-refractivity contribution in [1.29, 1.82) is 0 Å². The predicted molar refractivity (Wildman–Crippen MR) is 133 cm³/mol. The van der Waals surface area contributed by atoms with E-state index in [-0.39, 0.29) is 23.1 Å². The minimum Gasteiger partial charge on any atom is -0.267 e. The van der Waals surface area contributed by atoms with Crippen molar-refractivity contribution < 1.29 is 13.2 Å². The van der Waals surface area contributed by atoms with Crippen molar-refractivity contribution in [3.8, 4) is 0 Å². The van der Waals surface area contributed by atoms with E-state index in [0.717, 1.165) is 17.7 Å². The van der Waals surface area contributed by atoms with Crippen molar-refractivity contribution in [2.75, 3.05) is 0 Å². The molecule has 6 rings (SSSR count). The van der Waals surface area contributed by atoms with Crippen molar-refractivity contribution in [3.63, 3.8) is 0 Å². The summed E-state index contributed by atoms with van der Waals surface area (Å²) in [6.45, 7) is 0.621. The number of aromatic amines is 2. The largest absolute Gasteiger partial charge is 0.416 e. The van der Waals surface area contributed by atoms with Gasteiger partial charge in [0.2, 0.25) is 11.3 Å². The Morgan fingerprint density at radius 2 is 1.28 bits per heavy atom. The van der Waals surface area contributed by atoms with Crippen molar-refractivity contribution in [3.05, 3.63) is 103 Å². The number of fused-ring (bicyclic) bond motifs is 2. The van der Waals surface area contributed by atoms with Gasteiger partial charge in [-0.25, -0.2) is 10.2 Å². The normalized spacial score (nSPS) is 11.5. The number of rotatable bonds is 4. The number of nitrogens with zero attached hydrogens (tertiary/aromatic N) is 8. The van der Waals surface area contributed by atoms with E-state index in [1.54, 1.807) is 23.0 Å². The number of aromatic nitrogens is 10. The summed E-state index contributed by atoms with van der Waals surface area (Å²) in [5.74, 6) is 0. The van der Waals surface area contributed by atoms with E-state index in [2.05, 4.69) is 41.0 Å². The molecule has 0 radical (unpaired) electrons. The molecular weight excluding hydrogens is 541 g/mol. The van der Waals surface area contributed by atoms with Crippen molar-refractivity contribution in [1.82, 2.24) is 50.4 Å². The van der Waals surface area contributed by atoms with Crippen LogP contribution in [-0.2, 0) is 19.3 Å². The Morgan fingerprint density at radius 1 is 0.769 bits per heavy atom. The smallest absolute Gasteiger partial charge is 0.267 e. The molecule has 4 heterocycles. The molecular formula is C23H16ClF3N10O2. The molecule has 198 valence electrons. The molecule has 0 atom stereocenters. The second-order valence-electron chi connectivity index (χ2n) is 8.24. The van der Waals surface area contributed by atoms with Gasteiger partial charge in [0.15, 0.2) is 0 Å². The maximum Gasteiger partial charge on any atom is 0.416 e. The third-order valence-corrected chi connectivity index (χ3v) is 5.63. The zero-order valence-electron chi connectivity index (χ0n) is 19.6. The van der Waals surface area contributed by atoms with Crippen LogP contribution in [-0.4, -0.2) is 50.4 Å². The minimum absolute atomic E-state index is 0.0969. The molecule has 0 fully saturated rings.